The van der Waals surface area contributed by atoms with Gasteiger partial charge < -0.3 is 9.47 Å². The van der Waals surface area contributed by atoms with Gasteiger partial charge in [-0.1, -0.05) is 18.2 Å². The number of hydrogen-bond donors (Lipinski definition) is 0. The van der Waals surface area contributed by atoms with Crippen LogP contribution in [0.4, 0.5) is 0 Å². The third kappa shape index (κ3) is 2.95. The van der Waals surface area contributed by atoms with Gasteiger partial charge in [-0.3, -0.25) is 0 Å². The lowest BCUT2D eigenvalue weighted by atomic mass is 9.94. The van der Waals surface area contributed by atoms with Crippen molar-refractivity contribution in [3.8, 4) is 11.8 Å². The summed E-state index contributed by atoms with van der Waals surface area (Å²) >= 11 is 0. The van der Waals surface area contributed by atoms with E-state index in [9.17, 15) is 4.79 Å². The summed E-state index contributed by atoms with van der Waals surface area (Å²) in [6, 6.07) is 14.8. The number of carbonyl (C=O) groups excluding carboxylic acids is 1. The molecule has 0 aromatic heterocycles. The Bertz CT molecular complexity index is 813. The summed E-state index contributed by atoms with van der Waals surface area (Å²) in [6.45, 7) is 0.588. The van der Waals surface area contributed by atoms with Gasteiger partial charge in [0.15, 0.2) is 0 Å². The number of methoxy groups -OCH3 is 1. The van der Waals surface area contributed by atoms with Crippen LogP contribution in [0.25, 0.3) is 5.57 Å². The summed E-state index contributed by atoms with van der Waals surface area (Å²) in [5, 5.41) is 8.93. The number of esters is 1. The summed E-state index contributed by atoms with van der Waals surface area (Å²) in [7, 11) is 1.36. The van der Waals surface area contributed by atoms with E-state index in [0.717, 1.165) is 28.9 Å². The standard InChI is InChI=1S/C19H15NO3/c1-22-19(21)15-8-9-18-17(11-15)16(3-2-10-23-18)14-6-4-13(12-20)5-7-14/h3-9,11H,2,10H2,1H3. The average molecular weight is 305 g/mol. The molecule has 0 saturated carbocycles. The molecule has 0 atom stereocenters. The Kier molecular flexibility index (Phi) is 4.11. The number of nitriles is 1. The van der Waals surface area contributed by atoms with Gasteiger partial charge >= 0.3 is 5.97 Å². The summed E-state index contributed by atoms with van der Waals surface area (Å²) in [6.07, 6.45) is 2.87. The molecule has 0 aliphatic carbocycles. The smallest absolute Gasteiger partial charge is 0.337 e. The molecule has 0 saturated heterocycles. The molecule has 0 fully saturated rings. The topological polar surface area (TPSA) is 59.3 Å². The maximum atomic E-state index is 11.8. The fraction of sp³-hybridized carbons (Fsp3) is 0.158. The summed E-state index contributed by atoms with van der Waals surface area (Å²) in [4.78, 5) is 11.8. The lowest BCUT2D eigenvalue weighted by molar-refractivity contribution is 0.0600. The van der Waals surface area contributed by atoms with Gasteiger partial charge in [-0.2, -0.15) is 5.26 Å². The molecule has 0 spiro atoms. The molecule has 2 aromatic carbocycles. The lowest BCUT2D eigenvalue weighted by Gasteiger charge is -2.12. The Balaban J connectivity index is 2.10. The molecule has 1 heterocycles. The highest BCUT2D eigenvalue weighted by Gasteiger charge is 2.17. The van der Waals surface area contributed by atoms with Crippen molar-refractivity contribution in [3.63, 3.8) is 0 Å². The molecule has 2 aromatic rings. The zero-order valence-corrected chi connectivity index (χ0v) is 12.7. The molecular formula is C19H15NO3. The van der Waals surface area contributed by atoms with Crippen LogP contribution in [0.15, 0.2) is 48.5 Å². The maximum Gasteiger partial charge on any atom is 0.337 e. The van der Waals surface area contributed by atoms with E-state index in [0.29, 0.717) is 17.7 Å². The van der Waals surface area contributed by atoms with Crippen molar-refractivity contribution in [3.05, 3.63) is 70.8 Å². The molecule has 0 radical (unpaired) electrons. The SMILES string of the molecule is COC(=O)c1ccc2c(c1)C(c1ccc(C#N)cc1)=CCCO2. The van der Waals surface area contributed by atoms with Crippen LogP contribution in [0.3, 0.4) is 0 Å². The predicted octanol–water partition coefficient (Wildman–Crippen LogP) is 3.56. The van der Waals surface area contributed by atoms with Crippen LogP contribution in [-0.4, -0.2) is 19.7 Å². The van der Waals surface area contributed by atoms with Crippen LogP contribution < -0.4 is 4.74 Å². The van der Waals surface area contributed by atoms with Crippen LogP contribution in [0.1, 0.15) is 33.5 Å². The van der Waals surface area contributed by atoms with Gasteiger partial charge in [0.05, 0.1) is 30.9 Å². The minimum Gasteiger partial charge on any atom is -0.493 e. The second kappa shape index (κ2) is 6.37. The Morgan fingerprint density at radius 1 is 1.22 bits per heavy atom. The molecule has 114 valence electrons. The number of rotatable bonds is 2. The molecule has 23 heavy (non-hydrogen) atoms. The van der Waals surface area contributed by atoms with Crippen molar-refractivity contribution < 1.29 is 14.3 Å². The second-order valence-corrected chi connectivity index (χ2v) is 5.15. The van der Waals surface area contributed by atoms with Crippen molar-refractivity contribution in [2.75, 3.05) is 13.7 Å². The van der Waals surface area contributed by atoms with Crippen LogP contribution in [0.2, 0.25) is 0 Å². The Hall–Kier alpha value is -3.06. The van der Waals surface area contributed by atoms with Gasteiger partial charge in [0, 0.05) is 12.0 Å². The average Bonchev–Trinajstić information content (AvgIpc) is 2.83. The van der Waals surface area contributed by atoms with Crippen LogP contribution in [-0.2, 0) is 4.74 Å². The molecule has 0 bridgehead atoms. The highest BCUT2D eigenvalue weighted by molar-refractivity contribution is 5.93. The summed E-state index contributed by atoms with van der Waals surface area (Å²) < 4.78 is 10.6. The first-order valence-corrected chi connectivity index (χ1v) is 7.29. The Morgan fingerprint density at radius 2 is 2.00 bits per heavy atom. The lowest BCUT2D eigenvalue weighted by Crippen LogP contribution is -2.03. The van der Waals surface area contributed by atoms with Gasteiger partial charge in [0.25, 0.3) is 0 Å². The second-order valence-electron chi connectivity index (χ2n) is 5.15. The number of nitrogens with zero attached hydrogens (tertiary/aromatic N) is 1. The Morgan fingerprint density at radius 3 is 2.70 bits per heavy atom. The highest BCUT2D eigenvalue weighted by Crippen LogP contribution is 2.34. The molecular weight excluding hydrogens is 290 g/mol. The van der Waals surface area contributed by atoms with E-state index in [1.807, 2.05) is 12.1 Å². The molecule has 3 rings (SSSR count). The summed E-state index contributed by atoms with van der Waals surface area (Å²) in [5.74, 6) is 0.363. The number of carbonyl (C=O) groups is 1. The first-order chi connectivity index (χ1) is 11.2. The molecule has 4 nitrogen and oxygen atoms in total. The number of benzene rings is 2. The van der Waals surface area contributed by atoms with Gasteiger partial charge in [0.2, 0.25) is 0 Å². The molecule has 0 unspecified atom stereocenters. The minimum atomic E-state index is -0.378. The third-order valence-corrected chi connectivity index (χ3v) is 3.74. The molecule has 4 heteroatoms. The van der Waals surface area contributed by atoms with E-state index in [1.165, 1.54) is 7.11 Å². The maximum absolute atomic E-state index is 11.8. The third-order valence-electron chi connectivity index (χ3n) is 3.74. The monoisotopic (exact) mass is 305 g/mol. The molecule has 1 aliphatic heterocycles. The number of hydrogen-bond acceptors (Lipinski definition) is 4. The Labute approximate surface area is 134 Å². The van der Waals surface area contributed by atoms with Crippen molar-refractivity contribution in [2.45, 2.75) is 6.42 Å². The normalized spacial score (nSPS) is 13.0. The molecule has 1 aliphatic rings. The zero-order valence-electron chi connectivity index (χ0n) is 12.7. The van der Waals surface area contributed by atoms with Crippen molar-refractivity contribution in [2.24, 2.45) is 0 Å². The van der Waals surface area contributed by atoms with Gasteiger partial charge in [-0.25, -0.2) is 4.79 Å². The van der Waals surface area contributed by atoms with E-state index in [-0.39, 0.29) is 5.97 Å². The van der Waals surface area contributed by atoms with Crippen LogP contribution in [0.5, 0.6) is 5.75 Å². The number of fused-ring (bicyclic) bond motifs is 1. The largest absolute Gasteiger partial charge is 0.493 e. The fourth-order valence-corrected chi connectivity index (χ4v) is 2.59. The van der Waals surface area contributed by atoms with Crippen molar-refractivity contribution in [1.82, 2.24) is 0 Å². The minimum absolute atomic E-state index is 0.378. The van der Waals surface area contributed by atoms with E-state index in [1.54, 1.807) is 30.3 Å². The quantitative estimate of drug-likeness (QED) is 0.796. The first-order valence-electron chi connectivity index (χ1n) is 7.29. The molecule has 0 N–H and O–H groups in total. The first kappa shape index (κ1) is 14.9. The van der Waals surface area contributed by atoms with Crippen LogP contribution in [0, 0.1) is 11.3 Å². The van der Waals surface area contributed by atoms with E-state index < -0.39 is 0 Å². The zero-order chi connectivity index (χ0) is 16.2. The molecule has 0 amide bonds. The van der Waals surface area contributed by atoms with Gasteiger partial charge in [0.1, 0.15) is 5.75 Å². The fourth-order valence-electron chi connectivity index (χ4n) is 2.59. The number of ether oxygens (including phenoxy) is 2. The van der Waals surface area contributed by atoms with E-state index in [4.69, 9.17) is 14.7 Å². The summed E-state index contributed by atoms with van der Waals surface area (Å²) in [5.41, 5.74) is 3.93. The van der Waals surface area contributed by atoms with Gasteiger partial charge in [-0.05, 0) is 41.5 Å². The van der Waals surface area contributed by atoms with Crippen LogP contribution >= 0.6 is 0 Å². The van der Waals surface area contributed by atoms with Gasteiger partial charge in [-0.15, -0.1) is 0 Å². The van der Waals surface area contributed by atoms with E-state index in [2.05, 4.69) is 12.1 Å². The van der Waals surface area contributed by atoms with E-state index >= 15 is 0 Å². The predicted molar refractivity (Wildman–Crippen MR) is 86.1 cm³/mol. The van der Waals surface area contributed by atoms with Crippen molar-refractivity contribution >= 4 is 11.5 Å². The van der Waals surface area contributed by atoms with Crippen molar-refractivity contribution in [1.29, 1.82) is 5.26 Å². The highest BCUT2D eigenvalue weighted by atomic mass is 16.5.